The van der Waals surface area contributed by atoms with Gasteiger partial charge in [0.25, 0.3) is 0 Å². The molecular weight excluding hydrogens is 360 g/mol. The summed E-state index contributed by atoms with van der Waals surface area (Å²) in [4.78, 5) is 3.25. The Morgan fingerprint density at radius 2 is 1.82 bits per heavy atom. The van der Waals surface area contributed by atoms with Crippen molar-refractivity contribution in [1.29, 1.82) is 0 Å². The summed E-state index contributed by atoms with van der Waals surface area (Å²) in [6.45, 7) is 4.36. The maximum Gasteiger partial charge on any atom is 0.0529 e. The molecule has 0 radical (unpaired) electrons. The van der Waals surface area contributed by atoms with Crippen molar-refractivity contribution in [2.45, 2.75) is 25.1 Å². The molecular formula is C14H14Br2S. The van der Waals surface area contributed by atoms with Crippen LogP contribution in [-0.2, 0) is 6.42 Å². The zero-order valence-corrected chi connectivity index (χ0v) is 13.8. The van der Waals surface area contributed by atoms with E-state index < -0.39 is 0 Å². The van der Waals surface area contributed by atoms with Crippen LogP contribution in [0.4, 0.5) is 0 Å². The lowest BCUT2D eigenvalue weighted by atomic mass is 10.1. The third-order valence-electron chi connectivity index (χ3n) is 2.82. The molecule has 0 fully saturated rings. The highest BCUT2D eigenvalue weighted by Gasteiger charge is 2.12. The van der Waals surface area contributed by atoms with E-state index in [9.17, 15) is 0 Å². The second kappa shape index (κ2) is 5.68. The van der Waals surface area contributed by atoms with E-state index in [4.69, 9.17) is 0 Å². The molecule has 0 saturated heterocycles. The monoisotopic (exact) mass is 372 g/mol. The van der Waals surface area contributed by atoms with E-state index in [0.29, 0.717) is 4.83 Å². The highest BCUT2D eigenvalue weighted by Crippen LogP contribution is 2.34. The fraction of sp³-hybridized carbons (Fsp3) is 0.286. The molecule has 1 aromatic carbocycles. The first kappa shape index (κ1) is 13.3. The molecule has 0 aliphatic carbocycles. The molecule has 3 heteroatoms. The zero-order chi connectivity index (χ0) is 12.4. The van der Waals surface area contributed by atoms with Crippen molar-refractivity contribution in [3.05, 3.63) is 55.7 Å². The number of benzene rings is 1. The normalized spacial score (nSPS) is 12.7. The van der Waals surface area contributed by atoms with Gasteiger partial charge in [0.2, 0.25) is 0 Å². The Labute approximate surface area is 123 Å². The van der Waals surface area contributed by atoms with Gasteiger partial charge in [0.1, 0.15) is 0 Å². The minimum Gasteiger partial charge on any atom is -0.144 e. The summed E-state index contributed by atoms with van der Waals surface area (Å²) in [6, 6.07) is 10.8. The third kappa shape index (κ3) is 3.43. The van der Waals surface area contributed by atoms with E-state index in [-0.39, 0.29) is 0 Å². The third-order valence-corrected chi connectivity index (χ3v) is 5.74. The van der Waals surface area contributed by atoms with Crippen LogP contribution >= 0.6 is 43.2 Å². The predicted molar refractivity (Wildman–Crippen MR) is 83.3 cm³/mol. The van der Waals surface area contributed by atoms with E-state index in [0.717, 1.165) is 10.9 Å². The summed E-state index contributed by atoms with van der Waals surface area (Å²) in [6.07, 6.45) is 1.03. The summed E-state index contributed by atoms with van der Waals surface area (Å²) in [5.74, 6) is 0. The molecule has 0 spiro atoms. The maximum absolute atomic E-state index is 3.79. The van der Waals surface area contributed by atoms with Crippen LogP contribution in [0.2, 0.25) is 0 Å². The topological polar surface area (TPSA) is 0 Å². The van der Waals surface area contributed by atoms with Gasteiger partial charge in [-0.2, -0.15) is 0 Å². The van der Waals surface area contributed by atoms with Crippen molar-refractivity contribution in [2.75, 3.05) is 0 Å². The average molecular weight is 374 g/mol. The van der Waals surface area contributed by atoms with Gasteiger partial charge in [-0.15, -0.1) is 11.3 Å². The molecule has 2 rings (SSSR count). The van der Waals surface area contributed by atoms with Crippen LogP contribution in [0, 0.1) is 13.8 Å². The molecule has 0 nitrogen and oxygen atoms in total. The molecule has 0 saturated carbocycles. The van der Waals surface area contributed by atoms with Crippen molar-refractivity contribution < 1.29 is 0 Å². The molecule has 0 bridgehead atoms. The van der Waals surface area contributed by atoms with Crippen LogP contribution in [0.15, 0.2) is 34.8 Å². The molecule has 1 heterocycles. The van der Waals surface area contributed by atoms with Crippen LogP contribution in [0.1, 0.15) is 25.7 Å². The fourth-order valence-electron chi connectivity index (χ4n) is 1.68. The number of hydrogen-bond acceptors (Lipinski definition) is 1. The molecule has 17 heavy (non-hydrogen) atoms. The van der Waals surface area contributed by atoms with Gasteiger partial charge in [0.05, 0.1) is 4.83 Å². The fourth-order valence-corrected chi connectivity index (χ4v) is 3.76. The highest BCUT2D eigenvalue weighted by atomic mass is 79.9. The summed E-state index contributed by atoms with van der Waals surface area (Å²) in [7, 11) is 0. The number of halogens is 2. The minimum atomic E-state index is 0.418. The summed E-state index contributed by atoms with van der Waals surface area (Å²) in [5, 5.41) is 0. The van der Waals surface area contributed by atoms with E-state index in [1.165, 1.54) is 20.9 Å². The Bertz CT molecular complexity index is 480. The number of thiophene rings is 1. The van der Waals surface area contributed by atoms with Crippen molar-refractivity contribution in [1.82, 2.24) is 0 Å². The van der Waals surface area contributed by atoms with E-state index in [2.05, 4.69) is 76.0 Å². The van der Waals surface area contributed by atoms with Crippen molar-refractivity contribution in [2.24, 2.45) is 0 Å². The number of rotatable bonds is 3. The number of aryl methyl sites for hydroxylation is 2. The van der Waals surface area contributed by atoms with Crippen LogP contribution < -0.4 is 0 Å². The van der Waals surface area contributed by atoms with Crippen LogP contribution in [0.25, 0.3) is 0 Å². The number of alkyl halides is 1. The van der Waals surface area contributed by atoms with E-state index in [1.54, 1.807) is 0 Å². The Hall–Kier alpha value is -0.120. The Kier molecular flexibility index (Phi) is 4.45. The standard InChI is InChI=1S/C14H14Br2S/c1-9-7-14(17-10(9)2)13(16)8-11-3-5-12(15)6-4-11/h3-7,13H,8H2,1-2H3. The van der Waals surface area contributed by atoms with Gasteiger partial charge in [-0.1, -0.05) is 44.0 Å². The molecule has 1 atom stereocenters. The first-order chi connectivity index (χ1) is 8.06. The van der Waals surface area contributed by atoms with Gasteiger partial charge in [0.15, 0.2) is 0 Å². The Morgan fingerprint density at radius 1 is 1.18 bits per heavy atom. The molecule has 0 N–H and O–H groups in total. The van der Waals surface area contributed by atoms with Crippen LogP contribution in [0.3, 0.4) is 0 Å². The lowest BCUT2D eigenvalue weighted by Crippen LogP contribution is -1.92. The lowest BCUT2D eigenvalue weighted by Gasteiger charge is -2.07. The first-order valence-corrected chi connectivity index (χ1v) is 8.04. The van der Waals surface area contributed by atoms with E-state index >= 15 is 0 Å². The molecule has 1 unspecified atom stereocenters. The lowest BCUT2D eigenvalue weighted by molar-refractivity contribution is 0.968. The van der Waals surface area contributed by atoms with Gasteiger partial charge < -0.3 is 0 Å². The zero-order valence-electron chi connectivity index (χ0n) is 9.84. The molecule has 1 aromatic heterocycles. The van der Waals surface area contributed by atoms with Gasteiger partial charge in [-0.25, -0.2) is 0 Å². The Morgan fingerprint density at radius 3 is 2.35 bits per heavy atom. The van der Waals surface area contributed by atoms with E-state index in [1.807, 2.05) is 11.3 Å². The Balaban J connectivity index is 2.11. The van der Waals surface area contributed by atoms with Gasteiger partial charge in [-0.3, -0.25) is 0 Å². The van der Waals surface area contributed by atoms with Crippen molar-refractivity contribution in [3.63, 3.8) is 0 Å². The second-order valence-electron chi connectivity index (χ2n) is 4.19. The SMILES string of the molecule is Cc1cc(C(Br)Cc2ccc(Br)cc2)sc1C. The molecule has 0 aliphatic heterocycles. The smallest absolute Gasteiger partial charge is 0.0529 e. The predicted octanol–water partition coefficient (Wildman–Crippen LogP) is 5.81. The van der Waals surface area contributed by atoms with Crippen molar-refractivity contribution >= 4 is 43.2 Å². The van der Waals surface area contributed by atoms with Crippen LogP contribution in [-0.4, -0.2) is 0 Å². The first-order valence-electron chi connectivity index (χ1n) is 5.51. The molecule has 0 amide bonds. The average Bonchev–Trinajstić information content (AvgIpc) is 2.63. The quantitative estimate of drug-likeness (QED) is 0.596. The largest absolute Gasteiger partial charge is 0.144 e. The van der Waals surface area contributed by atoms with Gasteiger partial charge >= 0.3 is 0 Å². The van der Waals surface area contributed by atoms with Gasteiger partial charge in [-0.05, 0) is 49.6 Å². The van der Waals surface area contributed by atoms with Crippen LogP contribution in [0.5, 0.6) is 0 Å². The summed E-state index contributed by atoms with van der Waals surface area (Å²) < 4.78 is 1.13. The minimum absolute atomic E-state index is 0.418. The molecule has 2 aromatic rings. The van der Waals surface area contributed by atoms with Crippen molar-refractivity contribution in [3.8, 4) is 0 Å². The summed E-state index contributed by atoms with van der Waals surface area (Å²) in [5.41, 5.74) is 2.75. The number of hydrogen-bond donors (Lipinski definition) is 0. The highest BCUT2D eigenvalue weighted by molar-refractivity contribution is 9.10. The molecule has 0 aliphatic rings. The maximum atomic E-state index is 3.79. The second-order valence-corrected chi connectivity index (χ2v) is 7.49. The van der Waals surface area contributed by atoms with Gasteiger partial charge in [0, 0.05) is 14.2 Å². The summed E-state index contributed by atoms with van der Waals surface area (Å²) >= 11 is 9.14. The molecule has 90 valence electrons.